The van der Waals surface area contributed by atoms with Crippen LogP contribution in [0, 0.1) is 0 Å². The third-order valence-electron chi connectivity index (χ3n) is 6.09. The van der Waals surface area contributed by atoms with Gasteiger partial charge in [0.25, 0.3) is 11.8 Å². The van der Waals surface area contributed by atoms with Crippen LogP contribution in [0.3, 0.4) is 0 Å². The Kier molecular flexibility index (Phi) is 7.19. The zero-order chi connectivity index (χ0) is 26.7. The fourth-order valence-corrected chi connectivity index (χ4v) is 4.21. The number of likely N-dealkylation sites (N-methyl/N-ethyl adjacent to an activating group) is 1. The van der Waals surface area contributed by atoms with Crippen LogP contribution in [0.4, 0.5) is 23.7 Å². The van der Waals surface area contributed by atoms with Crippen molar-refractivity contribution in [3.8, 4) is 11.1 Å². The summed E-state index contributed by atoms with van der Waals surface area (Å²) in [5.41, 5.74) is 1.84. The summed E-state index contributed by atoms with van der Waals surface area (Å²) < 4.78 is 44.6. The lowest BCUT2D eigenvalue weighted by atomic mass is 9.95. The van der Waals surface area contributed by atoms with Crippen molar-refractivity contribution in [3.63, 3.8) is 0 Å². The van der Waals surface area contributed by atoms with Gasteiger partial charge in [0.15, 0.2) is 6.10 Å². The van der Waals surface area contributed by atoms with Crippen LogP contribution in [0.15, 0.2) is 72.8 Å². The molecular weight excluding hydrogens is 487 g/mol. The number of hydrogen-bond acceptors (Lipinski definition) is 4. The van der Waals surface area contributed by atoms with Gasteiger partial charge >= 0.3 is 12.3 Å². The summed E-state index contributed by atoms with van der Waals surface area (Å²) in [5, 5.41) is 4.89. The number of alkyl halides is 3. The van der Waals surface area contributed by atoms with Crippen molar-refractivity contribution in [1.29, 1.82) is 0 Å². The fraction of sp³-hybridized carbons (Fsp3) is 0.222. The third kappa shape index (κ3) is 5.42. The minimum absolute atomic E-state index is 0.146. The highest BCUT2D eigenvalue weighted by atomic mass is 19.4. The van der Waals surface area contributed by atoms with Crippen molar-refractivity contribution < 1.29 is 32.3 Å². The van der Waals surface area contributed by atoms with Crippen LogP contribution in [-0.4, -0.2) is 31.1 Å². The van der Waals surface area contributed by atoms with E-state index in [0.29, 0.717) is 11.3 Å². The molecule has 0 bridgehead atoms. The molecule has 0 radical (unpaired) electrons. The summed E-state index contributed by atoms with van der Waals surface area (Å²) in [6.07, 6.45) is -6.98. The normalized spacial score (nSPS) is 15.6. The maximum absolute atomic E-state index is 13.3. The number of anilines is 1. The molecule has 4 rings (SSSR count). The number of benzene rings is 3. The Morgan fingerprint density at radius 3 is 2.32 bits per heavy atom. The Morgan fingerprint density at radius 1 is 0.973 bits per heavy atom. The van der Waals surface area contributed by atoms with E-state index in [1.165, 1.54) is 30.0 Å². The average molecular weight is 512 g/mol. The molecule has 2 atom stereocenters. The minimum atomic E-state index is -4.58. The quantitative estimate of drug-likeness (QED) is 0.514. The molecule has 0 spiro atoms. The van der Waals surface area contributed by atoms with Gasteiger partial charge in [0, 0.05) is 19.2 Å². The van der Waals surface area contributed by atoms with Crippen molar-refractivity contribution in [2.45, 2.75) is 31.8 Å². The first-order valence-electron chi connectivity index (χ1n) is 11.4. The van der Waals surface area contributed by atoms with Gasteiger partial charge in [0.1, 0.15) is 6.04 Å². The third-order valence-corrected chi connectivity index (χ3v) is 6.09. The minimum Gasteiger partial charge on any atom is -0.436 e. The van der Waals surface area contributed by atoms with E-state index in [0.717, 1.165) is 17.2 Å². The molecule has 1 aliphatic heterocycles. The number of nitrogens with one attached hydrogen (secondary N) is 2. The summed E-state index contributed by atoms with van der Waals surface area (Å²) in [5.74, 6) is -1.12. The van der Waals surface area contributed by atoms with Crippen LogP contribution in [0.5, 0.6) is 0 Å². The van der Waals surface area contributed by atoms with Gasteiger partial charge in [-0.2, -0.15) is 13.2 Å². The maximum Gasteiger partial charge on any atom is 0.416 e. The molecule has 3 aromatic carbocycles. The lowest BCUT2D eigenvalue weighted by molar-refractivity contribution is -0.138. The van der Waals surface area contributed by atoms with E-state index in [4.69, 9.17) is 4.74 Å². The van der Waals surface area contributed by atoms with Crippen LogP contribution < -0.4 is 15.5 Å². The van der Waals surface area contributed by atoms with Crippen LogP contribution in [0.1, 0.15) is 29.7 Å². The van der Waals surface area contributed by atoms with Crippen LogP contribution in [0.2, 0.25) is 0 Å². The van der Waals surface area contributed by atoms with Gasteiger partial charge < -0.3 is 20.3 Å². The zero-order valence-corrected chi connectivity index (χ0v) is 20.0. The van der Waals surface area contributed by atoms with E-state index in [2.05, 4.69) is 10.6 Å². The number of nitrogens with zero attached hydrogens (tertiary/aromatic N) is 1. The summed E-state index contributed by atoms with van der Waals surface area (Å²) in [7, 11) is 1.61. The van der Waals surface area contributed by atoms with Gasteiger partial charge in [-0.15, -0.1) is 0 Å². The number of alkyl carbamates (subject to hydrolysis) is 1. The van der Waals surface area contributed by atoms with E-state index in [9.17, 15) is 27.6 Å². The number of carbonyl (C=O) groups excluding carboxylic acids is 3. The maximum atomic E-state index is 13.3. The molecule has 0 aromatic heterocycles. The molecule has 192 valence electrons. The van der Waals surface area contributed by atoms with Gasteiger partial charge in [-0.05, 0) is 35.7 Å². The van der Waals surface area contributed by atoms with Crippen LogP contribution in [0.25, 0.3) is 11.1 Å². The monoisotopic (exact) mass is 511 g/mol. The van der Waals surface area contributed by atoms with E-state index in [1.54, 1.807) is 25.2 Å². The standard InChI is InChI=1S/C27H24F3N3O4/c1-16(37-26(36)31-15-17-9-3-7-13-21(17)27(28,29)30)24(34)32-23-20-12-5-4-10-18(20)19-11-6-8-14-22(19)33(2)25(23)35/h3-14,16,23H,15H2,1-2H3,(H,31,36)(H,32,34)/t16-,23?/m0/s1. The molecule has 0 saturated heterocycles. The molecule has 3 amide bonds. The summed E-state index contributed by atoms with van der Waals surface area (Å²) in [4.78, 5) is 39.9. The Hall–Kier alpha value is -4.34. The molecule has 1 heterocycles. The molecule has 1 aliphatic rings. The predicted octanol–water partition coefficient (Wildman–Crippen LogP) is 4.82. The van der Waals surface area contributed by atoms with E-state index in [1.807, 2.05) is 30.3 Å². The van der Waals surface area contributed by atoms with Gasteiger partial charge in [0.2, 0.25) is 0 Å². The van der Waals surface area contributed by atoms with Crippen molar-refractivity contribution in [2.75, 3.05) is 11.9 Å². The van der Waals surface area contributed by atoms with Gasteiger partial charge in [-0.1, -0.05) is 60.7 Å². The van der Waals surface area contributed by atoms with Gasteiger partial charge in [0.05, 0.1) is 11.3 Å². The number of fused-ring (bicyclic) bond motifs is 3. The van der Waals surface area contributed by atoms with E-state index in [-0.39, 0.29) is 11.5 Å². The SMILES string of the molecule is C[C@H](OC(=O)NCc1ccccc1C(F)(F)F)C(=O)NC1C(=O)N(C)c2ccccc2-c2ccccc21. The first-order valence-corrected chi connectivity index (χ1v) is 11.4. The van der Waals surface area contributed by atoms with Crippen molar-refractivity contribution in [2.24, 2.45) is 0 Å². The highest BCUT2D eigenvalue weighted by Gasteiger charge is 2.35. The molecule has 0 fully saturated rings. The Bertz CT molecular complexity index is 1340. The summed E-state index contributed by atoms with van der Waals surface area (Å²) in [6.45, 7) is 0.866. The molecular formula is C27H24F3N3O4. The number of carbonyl (C=O) groups is 3. The second-order valence-corrected chi connectivity index (χ2v) is 8.50. The smallest absolute Gasteiger partial charge is 0.416 e. The van der Waals surface area contributed by atoms with Crippen LogP contribution >= 0.6 is 0 Å². The molecule has 1 unspecified atom stereocenters. The number of amides is 3. The Labute approximate surface area is 211 Å². The van der Waals surface area contributed by atoms with Gasteiger partial charge in [-0.25, -0.2) is 4.79 Å². The molecule has 0 saturated carbocycles. The predicted molar refractivity (Wildman–Crippen MR) is 130 cm³/mol. The first kappa shape index (κ1) is 25.7. The number of hydrogen-bond donors (Lipinski definition) is 2. The molecule has 3 aromatic rings. The average Bonchev–Trinajstić information content (AvgIpc) is 2.97. The largest absolute Gasteiger partial charge is 0.436 e. The Balaban J connectivity index is 1.45. The van der Waals surface area contributed by atoms with Crippen molar-refractivity contribution >= 4 is 23.6 Å². The first-order chi connectivity index (χ1) is 17.6. The molecule has 37 heavy (non-hydrogen) atoms. The topological polar surface area (TPSA) is 87.7 Å². The van der Waals surface area contributed by atoms with Gasteiger partial charge in [-0.3, -0.25) is 9.59 Å². The number of rotatable bonds is 5. The van der Waals surface area contributed by atoms with E-state index < -0.39 is 42.4 Å². The fourth-order valence-electron chi connectivity index (χ4n) is 4.21. The lowest BCUT2D eigenvalue weighted by Gasteiger charge is -2.24. The van der Waals surface area contributed by atoms with Crippen molar-refractivity contribution in [1.82, 2.24) is 10.6 Å². The second kappa shape index (κ2) is 10.3. The molecule has 0 aliphatic carbocycles. The zero-order valence-electron chi connectivity index (χ0n) is 20.0. The summed E-state index contributed by atoms with van der Waals surface area (Å²) >= 11 is 0. The van der Waals surface area contributed by atoms with E-state index >= 15 is 0 Å². The molecule has 10 heteroatoms. The number of para-hydroxylation sites is 1. The summed E-state index contributed by atoms with van der Waals surface area (Å²) in [6, 6.07) is 18.3. The number of halogens is 3. The molecule has 7 nitrogen and oxygen atoms in total. The van der Waals surface area contributed by atoms with Crippen LogP contribution in [-0.2, 0) is 27.0 Å². The van der Waals surface area contributed by atoms with Crippen molar-refractivity contribution in [3.05, 3.63) is 89.5 Å². The highest BCUT2D eigenvalue weighted by Crippen LogP contribution is 2.39. The Morgan fingerprint density at radius 2 is 1.59 bits per heavy atom. The number of ether oxygens (including phenoxy) is 1. The lowest BCUT2D eigenvalue weighted by Crippen LogP contribution is -2.45. The second-order valence-electron chi connectivity index (χ2n) is 8.50. The highest BCUT2D eigenvalue weighted by molar-refractivity contribution is 6.06. The molecule has 2 N–H and O–H groups in total.